The fourth-order valence-electron chi connectivity index (χ4n) is 3.93. The van der Waals surface area contributed by atoms with Gasteiger partial charge in [-0.15, -0.1) is 0 Å². The second-order valence-corrected chi connectivity index (χ2v) is 6.90. The smallest absolute Gasteiger partial charge is 0.00793 e. The molecule has 1 saturated heterocycles. The standard InChI is InChI=1S/C17H34N2/c1-3-11-19-12-7-10-17(14-19)15(2)18-13-16-8-5-4-6-9-16/h15-18H,3-14H2,1-2H3. The lowest BCUT2D eigenvalue weighted by atomic mass is 9.87. The molecule has 1 saturated carbocycles. The second-order valence-electron chi connectivity index (χ2n) is 6.90. The van der Waals surface area contributed by atoms with Crippen LogP contribution in [0.3, 0.4) is 0 Å². The van der Waals surface area contributed by atoms with Gasteiger partial charge in [0.15, 0.2) is 0 Å². The van der Waals surface area contributed by atoms with E-state index in [0.29, 0.717) is 6.04 Å². The minimum atomic E-state index is 0.710. The summed E-state index contributed by atoms with van der Waals surface area (Å²) in [6.45, 7) is 9.95. The Bertz CT molecular complexity index is 233. The van der Waals surface area contributed by atoms with Gasteiger partial charge in [0.05, 0.1) is 0 Å². The van der Waals surface area contributed by atoms with Crippen molar-refractivity contribution < 1.29 is 0 Å². The van der Waals surface area contributed by atoms with E-state index < -0.39 is 0 Å². The van der Waals surface area contributed by atoms with Crippen molar-refractivity contribution in [2.24, 2.45) is 11.8 Å². The normalized spacial score (nSPS) is 28.4. The fraction of sp³-hybridized carbons (Fsp3) is 1.00. The van der Waals surface area contributed by atoms with Crippen molar-refractivity contribution in [2.75, 3.05) is 26.2 Å². The molecule has 2 fully saturated rings. The summed E-state index contributed by atoms with van der Waals surface area (Å²) in [6.07, 6.45) is 11.5. The van der Waals surface area contributed by atoms with E-state index in [4.69, 9.17) is 0 Å². The Morgan fingerprint density at radius 1 is 1.11 bits per heavy atom. The zero-order chi connectivity index (χ0) is 13.5. The summed E-state index contributed by atoms with van der Waals surface area (Å²) in [7, 11) is 0. The summed E-state index contributed by atoms with van der Waals surface area (Å²) >= 11 is 0. The van der Waals surface area contributed by atoms with Gasteiger partial charge in [-0.2, -0.15) is 0 Å². The highest BCUT2D eigenvalue weighted by Gasteiger charge is 2.24. The van der Waals surface area contributed by atoms with Crippen LogP contribution in [-0.4, -0.2) is 37.1 Å². The Hall–Kier alpha value is -0.0800. The topological polar surface area (TPSA) is 15.3 Å². The first-order valence-corrected chi connectivity index (χ1v) is 8.75. The Morgan fingerprint density at radius 3 is 2.63 bits per heavy atom. The van der Waals surface area contributed by atoms with Gasteiger partial charge >= 0.3 is 0 Å². The van der Waals surface area contributed by atoms with Crippen LogP contribution in [0, 0.1) is 11.8 Å². The van der Waals surface area contributed by atoms with Gasteiger partial charge < -0.3 is 10.2 Å². The largest absolute Gasteiger partial charge is 0.314 e. The Kier molecular flexibility index (Phi) is 6.66. The monoisotopic (exact) mass is 266 g/mol. The highest BCUT2D eigenvalue weighted by molar-refractivity contribution is 4.81. The zero-order valence-corrected chi connectivity index (χ0v) is 13.2. The van der Waals surface area contributed by atoms with E-state index in [9.17, 15) is 0 Å². The lowest BCUT2D eigenvalue weighted by Crippen LogP contribution is -2.45. The molecule has 2 atom stereocenters. The van der Waals surface area contributed by atoms with Crippen LogP contribution in [0.2, 0.25) is 0 Å². The second kappa shape index (κ2) is 8.26. The van der Waals surface area contributed by atoms with Crippen molar-refractivity contribution in [3.05, 3.63) is 0 Å². The molecule has 1 N–H and O–H groups in total. The average molecular weight is 266 g/mol. The lowest BCUT2D eigenvalue weighted by Gasteiger charge is -2.36. The van der Waals surface area contributed by atoms with E-state index in [0.717, 1.165) is 11.8 Å². The number of nitrogens with one attached hydrogen (secondary N) is 1. The number of hydrogen-bond acceptors (Lipinski definition) is 2. The van der Waals surface area contributed by atoms with Crippen LogP contribution in [0.15, 0.2) is 0 Å². The van der Waals surface area contributed by atoms with Gasteiger partial charge in [0.25, 0.3) is 0 Å². The number of likely N-dealkylation sites (tertiary alicyclic amines) is 1. The molecular formula is C17H34N2. The van der Waals surface area contributed by atoms with Crippen molar-refractivity contribution in [2.45, 2.75) is 71.3 Å². The summed E-state index contributed by atoms with van der Waals surface area (Å²) in [5.74, 6) is 1.84. The van der Waals surface area contributed by atoms with Crippen molar-refractivity contribution in [3.8, 4) is 0 Å². The third kappa shape index (κ3) is 5.07. The first-order valence-electron chi connectivity index (χ1n) is 8.75. The van der Waals surface area contributed by atoms with Gasteiger partial charge in [0.2, 0.25) is 0 Å². The first kappa shape index (κ1) is 15.3. The number of nitrogens with zero attached hydrogens (tertiary/aromatic N) is 1. The van der Waals surface area contributed by atoms with Crippen molar-refractivity contribution in [1.29, 1.82) is 0 Å². The molecule has 19 heavy (non-hydrogen) atoms. The SMILES string of the molecule is CCCN1CCCC(C(C)NCC2CCCCC2)C1. The Labute approximate surface area is 120 Å². The molecule has 2 aliphatic rings. The fourth-order valence-corrected chi connectivity index (χ4v) is 3.93. The highest BCUT2D eigenvalue weighted by atomic mass is 15.1. The third-order valence-electron chi connectivity index (χ3n) is 5.24. The Balaban J connectivity index is 1.67. The van der Waals surface area contributed by atoms with Crippen LogP contribution in [0.5, 0.6) is 0 Å². The van der Waals surface area contributed by atoms with Gasteiger partial charge in [-0.05, 0) is 70.5 Å². The minimum absolute atomic E-state index is 0.710. The molecule has 1 heterocycles. The van der Waals surface area contributed by atoms with Crippen LogP contribution in [0.1, 0.15) is 65.2 Å². The first-order chi connectivity index (χ1) is 9.29. The molecule has 2 nitrogen and oxygen atoms in total. The minimum Gasteiger partial charge on any atom is -0.314 e. The molecule has 2 rings (SSSR count). The van der Waals surface area contributed by atoms with Crippen LogP contribution in [0.25, 0.3) is 0 Å². The molecule has 0 aromatic heterocycles. The molecule has 2 heteroatoms. The quantitative estimate of drug-likeness (QED) is 0.789. The van der Waals surface area contributed by atoms with E-state index in [-0.39, 0.29) is 0 Å². The maximum Gasteiger partial charge on any atom is 0.00793 e. The zero-order valence-electron chi connectivity index (χ0n) is 13.2. The summed E-state index contributed by atoms with van der Waals surface area (Å²) in [5.41, 5.74) is 0. The molecule has 0 aromatic rings. The number of hydrogen-bond donors (Lipinski definition) is 1. The van der Waals surface area contributed by atoms with Gasteiger partial charge in [0.1, 0.15) is 0 Å². The predicted octanol–water partition coefficient (Wildman–Crippen LogP) is 3.67. The van der Waals surface area contributed by atoms with Gasteiger partial charge in [-0.1, -0.05) is 26.2 Å². The molecular weight excluding hydrogens is 232 g/mol. The van der Waals surface area contributed by atoms with Crippen LogP contribution < -0.4 is 5.32 Å². The van der Waals surface area contributed by atoms with E-state index in [1.165, 1.54) is 77.5 Å². The summed E-state index contributed by atoms with van der Waals surface area (Å²) < 4.78 is 0. The van der Waals surface area contributed by atoms with Gasteiger partial charge in [-0.3, -0.25) is 0 Å². The number of rotatable bonds is 6. The molecule has 0 aromatic carbocycles. The van der Waals surface area contributed by atoms with Crippen molar-refractivity contribution in [1.82, 2.24) is 10.2 Å². The molecule has 0 spiro atoms. The van der Waals surface area contributed by atoms with Crippen molar-refractivity contribution in [3.63, 3.8) is 0 Å². The van der Waals surface area contributed by atoms with Crippen LogP contribution >= 0.6 is 0 Å². The van der Waals surface area contributed by atoms with Gasteiger partial charge in [-0.25, -0.2) is 0 Å². The molecule has 112 valence electrons. The maximum atomic E-state index is 3.86. The van der Waals surface area contributed by atoms with Crippen molar-refractivity contribution >= 4 is 0 Å². The molecule has 0 radical (unpaired) electrons. The van der Waals surface area contributed by atoms with Crippen LogP contribution in [-0.2, 0) is 0 Å². The molecule has 1 aliphatic carbocycles. The third-order valence-corrected chi connectivity index (χ3v) is 5.24. The maximum absolute atomic E-state index is 3.86. The van der Waals surface area contributed by atoms with E-state index in [1.807, 2.05) is 0 Å². The molecule has 0 bridgehead atoms. The molecule has 1 aliphatic heterocycles. The number of piperidine rings is 1. The van der Waals surface area contributed by atoms with Crippen LogP contribution in [0.4, 0.5) is 0 Å². The lowest BCUT2D eigenvalue weighted by molar-refractivity contribution is 0.148. The Morgan fingerprint density at radius 2 is 1.89 bits per heavy atom. The molecule has 2 unspecified atom stereocenters. The van der Waals surface area contributed by atoms with E-state index in [1.54, 1.807) is 0 Å². The predicted molar refractivity (Wildman–Crippen MR) is 83.5 cm³/mol. The summed E-state index contributed by atoms with van der Waals surface area (Å²) in [6, 6.07) is 0.710. The highest BCUT2D eigenvalue weighted by Crippen LogP contribution is 2.24. The molecule has 0 amide bonds. The van der Waals surface area contributed by atoms with Gasteiger partial charge in [0, 0.05) is 12.6 Å². The van der Waals surface area contributed by atoms with E-state index >= 15 is 0 Å². The van der Waals surface area contributed by atoms with E-state index in [2.05, 4.69) is 24.1 Å². The average Bonchev–Trinajstić information content (AvgIpc) is 2.46. The summed E-state index contributed by atoms with van der Waals surface area (Å²) in [5, 5.41) is 3.86. The summed E-state index contributed by atoms with van der Waals surface area (Å²) in [4.78, 5) is 2.67.